The lowest BCUT2D eigenvalue weighted by molar-refractivity contribution is -0.0266. The summed E-state index contributed by atoms with van der Waals surface area (Å²) in [7, 11) is 0. The van der Waals surface area contributed by atoms with E-state index >= 15 is 0 Å². The molecule has 1 amide bonds. The van der Waals surface area contributed by atoms with Crippen LogP contribution < -0.4 is 4.90 Å². The monoisotopic (exact) mass is 437 g/mol. The first kappa shape index (κ1) is 18.5. The van der Waals surface area contributed by atoms with Gasteiger partial charge in [0.2, 0.25) is 5.82 Å². The van der Waals surface area contributed by atoms with Crippen molar-refractivity contribution in [1.29, 1.82) is 0 Å². The number of carbonyl (C=O) groups excluding carboxylic acids is 1. The molecular weight excluding hydrogens is 418 g/mol. The highest BCUT2D eigenvalue weighted by Crippen LogP contribution is 2.28. The first-order valence-electron chi connectivity index (χ1n) is 10.1. The average molecular weight is 437 g/mol. The molecule has 158 valence electrons. The topological polar surface area (TPSA) is 102 Å². The van der Waals surface area contributed by atoms with Crippen LogP contribution in [0, 0.1) is 0 Å². The molecule has 2 aliphatic heterocycles. The van der Waals surface area contributed by atoms with E-state index in [1.54, 1.807) is 6.20 Å². The SMILES string of the molecule is O=C(c1nccs1)N1CCN(c2nc(-c3ccc4cnn(C5COC5)c4c3)no2)CC1. The molecule has 2 saturated heterocycles. The van der Waals surface area contributed by atoms with Crippen LogP contribution in [-0.2, 0) is 4.74 Å². The molecule has 2 aliphatic rings. The standard InChI is InChI=1S/C20H19N7O3S/c28-19(18-21-3-8-31-18)25-4-6-26(7-5-25)20-23-17(24-30-20)13-1-2-14-10-22-27(16(14)9-13)15-11-29-12-15/h1-3,8-10,15H,4-7,11-12H2. The van der Waals surface area contributed by atoms with Crippen molar-refractivity contribution in [2.45, 2.75) is 6.04 Å². The molecule has 0 radical (unpaired) electrons. The zero-order valence-corrected chi connectivity index (χ0v) is 17.4. The molecule has 3 aromatic heterocycles. The van der Waals surface area contributed by atoms with Gasteiger partial charge in [0.15, 0.2) is 5.01 Å². The summed E-state index contributed by atoms with van der Waals surface area (Å²) in [5.41, 5.74) is 1.91. The maximum atomic E-state index is 12.5. The van der Waals surface area contributed by atoms with E-state index in [-0.39, 0.29) is 11.9 Å². The number of rotatable bonds is 4. The van der Waals surface area contributed by atoms with Gasteiger partial charge in [0.1, 0.15) is 0 Å². The normalized spacial score (nSPS) is 17.3. The van der Waals surface area contributed by atoms with Crippen LogP contribution in [0.25, 0.3) is 22.3 Å². The van der Waals surface area contributed by atoms with Crippen LogP contribution >= 0.6 is 11.3 Å². The molecule has 1 aromatic carbocycles. The van der Waals surface area contributed by atoms with Crippen LogP contribution in [0.1, 0.15) is 15.8 Å². The Bertz CT molecular complexity index is 1220. The summed E-state index contributed by atoms with van der Waals surface area (Å²) in [6.45, 7) is 3.81. The predicted octanol–water partition coefficient (Wildman–Crippen LogP) is 2.08. The lowest BCUT2D eigenvalue weighted by atomic mass is 10.1. The smallest absolute Gasteiger partial charge is 0.324 e. The van der Waals surface area contributed by atoms with Crippen molar-refractivity contribution in [1.82, 2.24) is 29.8 Å². The third kappa shape index (κ3) is 3.26. The molecule has 0 saturated carbocycles. The number of aromatic nitrogens is 5. The Hall–Kier alpha value is -3.31. The van der Waals surface area contributed by atoms with Gasteiger partial charge in [-0.15, -0.1) is 11.3 Å². The second kappa shape index (κ2) is 7.43. The van der Waals surface area contributed by atoms with Crippen LogP contribution in [0.5, 0.6) is 0 Å². The maximum absolute atomic E-state index is 12.5. The van der Waals surface area contributed by atoms with E-state index in [4.69, 9.17) is 9.26 Å². The van der Waals surface area contributed by atoms with E-state index in [1.807, 2.05) is 44.3 Å². The zero-order chi connectivity index (χ0) is 20.8. The van der Waals surface area contributed by atoms with Crippen LogP contribution in [0.15, 0.2) is 40.5 Å². The molecule has 11 heteroatoms. The van der Waals surface area contributed by atoms with Gasteiger partial charge in [0.25, 0.3) is 5.91 Å². The van der Waals surface area contributed by atoms with E-state index in [2.05, 4.69) is 20.2 Å². The fourth-order valence-corrected chi connectivity index (χ4v) is 4.46. The van der Waals surface area contributed by atoms with E-state index in [0.29, 0.717) is 56.2 Å². The summed E-state index contributed by atoms with van der Waals surface area (Å²) in [5, 5.41) is 12.1. The minimum absolute atomic E-state index is 0.0253. The molecule has 0 aliphatic carbocycles. The van der Waals surface area contributed by atoms with Crippen molar-refractivity contribution >= 4 is 34.2 Å². The highest BCUT2D eigenvalue weighted by molar-refractivity contribution is 7.11. The molecule has 0 spiro atoms. The second-order valence-corrected chi connectivity index (χ2v) is 8.47. The van der Waals surface area contributed by atoms with Crippen molar-refractivity contribution in [3.8, 4) is 11.4 Å². The Morgan fingerprint density at radius 1 is 1.16 bits per heavy atom. The number of hydrogen-bond donors (Lipinski definition) is 0. The molecule has 0 atom stereocenters. The fourth-order valence-electron chi connectivity index (χ4n) is 3.86. The third-order valence-electron chi connectivity index (χ3n) is 5.69. The summed E-state index contributed by atoms with van der Waals surface area (Å²) in [5.74, 6) is 0.512. The summed E-state index contributed by atoms with van der Waals surface area (Å²) in [6, 6.07) is 6.78. The average Bonchev–Trinajstić information content (AvgIpc) is 3.53. The summed E-state index contributed by atoms with van der Waals surface area (Å²) < 4.78 is 12.8. The van der Waals surface area contributed by atoms with Crippen molar-refractivity contribution in [2.75, 3.05) is 44.3 Å². The summed E-state index contributed by atoms with van der Waals surface area (Å²) >= 11 is 1.36. The highest BCUT2D eigenvalue weighted by Gasteiger charge is 2.27. The van der Waals surface area contributed by atoms with E-state index < -0.39 is 0 Å². The first-order valence-corrected chi connectivity index (χ1v) is 11.0. The molecule has 31 heavy (non-hydrogen) atoms. The number of ether oxygens (including phenoxy) is 1. The molecule has 5 heterocycles. The Morgan fingerprint density at radius 2 is 2.03 bits per heavy atom. The Morgan fingerprint density at radius 3 is 2.77 bits per heavy atom. The largest absolute Gasteiger partial charge is 0.377 e. The minimum Gasteiger partial charge on any atom is -0.377 e. The van der Waals surface area contributed by atoms with E-state index in [0.717, 1.165) is 16.5 Å². The van der Waals surface area contributed by atoms with Crippen LogP contribution in [0.4, 0.5) is 6.01 Å². The van der Waals surface area contributed by atoms with Gasteiger partial charge >= 0.3 is 6.01 Å². The molecule has 2 fully saturated rings. The molecule has 0 unspecified atom stereocenters. The van der Waals surface area contributed by atoms with Gasteiger partial charge in [0, 0.05) is 48.7 Å². The van der Waals surface area contributed by atoms with Crippen molar-refractivity contribution in [3.05, 3.63) is 41.0 Å². The summed E-state index contributed by atoms with van der Waals surface area (Å²) in [4.78, 5) is 25.0. The first-order chi connectivity index (χ1) is 15.3. The van der Waals surface area contributed by atoms with E-state index in [9.17, 15) is 4.79 Å². The van der Waals surface area contributed by atoms with Crippen molar-refractivity contribution < 1.29 is 14.1 Å². The molecule has 10 nitrogen and oxygen atoms in total. The van der Waals surface area contributed by atoms with Gasteiger partial charge in [-0.2, -0.15) is 10.1 Å². The van der Waals surface area contributed by atoms with Gasteiger partial charge in [-0.3, -0.25) is 9.48 Å². The number of fused-ring (bicyclic) bond motifs is 1. The number of piperazine rings is 1. The highest BCUT2D eigenvalue weighted by atomic mass is 32.1. The number of anilines is 1. The van der Waals surface area contributed by atoms with Gasteiger partial charge in [-0.25, -0.2) is 4.98 Å². The van der Waals surface area contributed by atoms with Gasteiger partial charge < -0.3 is 19.1 Å². The number of carbonyl (C=O) groups is 1. The van der Waals surface area contributed by atoms with E-state index in [1.165, 1.54) is 11.3 Å². The molecule has 0 N–H and O–H groups in total. The van der Waals surface area contributed by atoms with Crippen LogP contribution in [-0.4, -0.2) is 75.1 Å². The quantitative estimate of drug-likeness (QED) is 0.478. The molecule has 0 bridgehead atoms. The number of amides is 1. The zero-order valence-electron chi connectivity index (χ0n) is 16.5. The van der Waals surface area contributed by atoms with Crippen molar-refractivity contribution in [2.24, 2.45) is 0 Å². The van der Waals surface area contributed by atoms with Gasteiger partial charge in [-0.1, -0.05) is 17.3 Å². The van der Waals surface area contributed by atoms with Crippen molar-refractivity contribution in [3.63, 3.8) is 0 Å². The Labute approximate surface area is 181 Å². The number of hydrogen-bond acceptors (Lipinski definition) is 9. The maximum Gasteiger partial charge on any atom is 0.324 e. The number of nitrogens with zero attached hydrogens (tertiary/aromatic N) is 7. The Balaban J connectivity index is 1.18. The van der Waals surface area contributed by atoms with Crippen LogP contribution in [0.2, 0.25) is 0 Å². The lowest BCUT2D eigenvalue weighted by Crippen LogP contribution is -2.48. The van der Waals surface area contributed by atoms with Gasteiger partial charge in [-0.05, 0) is 6.07 Å². The molecule has 6 rings (SSSR count). The van der Waals surface area contributed by atoms with Gasteiger partial charge in [0.05, 0.1) is 31.0 Å². The minimum atomic E-state index is -0.0253. The number of benzene rings is 1. The summed E-state index contributed by atoms with van der Waals surface area (Å²) in [6.07, 6.45) is 3.52. The molecule has 4 aromatic rings. The second-order valence-electron chi connectivity index (χ2n) is 7.57. The van der Waals surface area contributed by atoms with Crippen LogP contribution in [0.3, 0.4) is 0 Å². The Kier molecular flexibility index (Phi) is 4.42. The third-order valence-corrected chi connectivity index (χ3v) is 6.45. The lowest BCUT2D eigenvalue weighted by Gasteiger charge is -2.33. The molecular formula is C20H19N7O3S. The fraction of sp³-hybridized carbons (Fsp3) is 0.350. The number of thiazole rings is 1. The predicted molar refractivity (Wildman–Crippen MR) is 113 cm³/mol.